The summed E-state index contributed by atoms with van der Waals surface area (Å²) in [6.45, 7) is 0. The summed E-state index contributed by atoms with van der Waals surface area (Å²) in [6.07, 6.45) is 0.238. The number of phenols is 1. The fourth-order valence-electron chi connectivity index (χ4n) is 1.44. The zero-order valence-corrected chi connectivity index (χ0v) is 9.17. The van der Waals surface area contributed by atoms with E-state index in [2.05, 4.69) is 0 Å². The van der Waals surface area contributed by atoms with Crippen molar-refractivity contribution >= 4 is 5.97 Å². The number of esters is 1. The van der Waals surface area contributed by atoms with Gasteiger partial charge in [-0.15, -0.1) is 0 Å². The molecule has 3 nitrogen and oxygen atoms in total. The molecule has 0 spiro atoms. The molecular weight excluding hydrogens is 216 g/mol. The van der Waals surface area contributed by atoms with E-state index in [1.165, 1.54) is 12.1 Å². The molecule has 2 rings (SSSR count). The van der Waals surface area contributed by atoms with E-state index in [0.717, 1.165) is 5.56 Å². The van der Waals surface area contributed by atoms with Gasteiger partial charge in [-0.1, -0.05) is 30.3 Å². The van der Waals surface area contributed by atoms with Gasteiger partial charge in [-0.3, -0.25) is 4.79 Å². The fourth-order valence-corrected chi connectivity index (χ4v) is 1.44. The van der Waals surface area contributed by atoms with Crippen LogP contribution in [0.2, 0.25) is 0 Å². The van der Waals surface area contributed by atoms with Crippen LogP contribution >= 0.6 is 0 Å². The van der Waals surface area contributed by atoms with Crippen LogP contribution in [0.1, 0.15) is 5.56 Å². The molecule has 1 N–H and O–H groups in total. The second-order valence-electron chi connectivity index (χ2n) is 3.63. The molecule has 0 unspecified atom stereocenters. The highest BCUT2D eigenvalue weighted by Gasteiger charge is 2.05. The molecule has 0 fully saturated rings. The number of aromatic hydroxyl groups is 1. The molecule has 0 saturated carbocycles. The first kappa shape index (κ1) is 11.2. The topological polar surface area (TPSA) is 46.5 Å². The van der Waals surface area contributed by atoms with Crippen LogP contribution in [0.4, 0.5) is 0 Å². The van der Waals surface area contributed by atoms with Gasteiger partial charge in [0.1, 0.15) is 11.5 Å². The quantitative estimate of drug-likeness (QED) is 0.648. The lowest BCUT2D eigenvalue weighted by Crippen LogP contribution is -2.10. The zero-order valence-electron chi connectivity index (χ0n) is 9.17. The summed E-state index contributed by atoms with van der Waals surface area (Å²) in [6, 6.07) is 15.5. The molecule has 0 atom stereocenters. The van der Waals surface area contributed by atoms with E-state index in [4.69, 9.17) is 9.84 Å². The number of ether oxygens (including phenoxy) is 1. The predicted octanol–water partition coefficient (Wildman–Crippen LogP) is 2.54. The van der Waals surface area contributed by atoms with Gasteiger partial charge in [0.15, 0.2) is 0 Å². The van der Waals surface area contributed by atoms with Crippen LogP contribution in [0.3, 0.4) is 0 Å². The Morgan fingerprint density at radius 1 is 1.00 bits per heavy atom. The summed E-state index contributed by atoms with van der Waals surface area (Å²) >= 11 is 0. The molecule has 0 aliphatic heterocycles. The Kier molecular flexibility index (Phi) is 3.40. The number of rotatable bonds is 3. The number of carbonyl (C=O) groups is 1. The summed E-state index contributed by atoms with van der Waals surface area (Å²) in [7, 11) is 0. The standard InChI is InChI=1S/C14H12O3/c15-12-6-8-13(9-7-12)17-14(16)10-11-4-2-1-3-5-11/h1-9,15H,10H2. The SMILES string of the molecule is O=C(Cc1ccccc1)Oc1ccc(O)cc1. The minimum Gasteiger partial charge on any atom is -0.508 e. The van der Waals surface area contributed by atoms with E-state index in [0.29, 0.717) is 5.75 Å². The monoisotopic (exact) mass is 228 g/mol. The van der Waals surface area contributed by atoms with E-state index < -0.39 is 0 Å². The van der Waals surface area contributed by atoms with Gasteiger partial charge in [0.2, 0.25) is 0 Å². The molecule has 86 valence electrons. The third-order valence-corrected chi connectivity index (χ3v) is 2.26. The number of hydrogen-bond acceptors (Lipinski definition) is 3. The van der Waals surface area contributed by atoms with Gasteiger partial charge in [0.25, 0.3) is 0 Å². The normalized spacial score (nSPS) is 9.88. The number of carbonyl (C=O) groups excluding carboxylic acids is 1. The zero-order chi connectivity index (χ0) is 12.1. The van der Waals surface area contributed by atoms with Crippen LogP contribution in [0, 0.1) is 0 Å². The summed E-state index contributed by atoms with van der Waals surface area (Å²) in [5.74, 6) is 0.262. The maximum absolute atomic E-state index is 11.6. The minimum absolute atomic E-state index is 0.146. The first-order valence-corrected chi connectivity index (χ1v) is 5.28. The van der Waals surface area contributed by atoms with Crippen LogP contribution in [-0.2, 0) is 11.2 Å². The van der Waals surface area contributed by atoms with Crippen molar-refractivity contribution in [2.24, 2.45) is 0 Å². The van der Waals surface area contributed by atoms with Gasteiger partial charge in [-0.05, 0) is 29.8 Å². The van der Waals surface area contributed by atoms with Gasteiger partial charge in [0, 0.05) is 0 Å². The average molecular weight is 228 g/mol. The van der Waals surface area contributed by atoms with Gasteiger partial charge < -0.3 is 9.84 Å². The Morgan fingerprint density at radius 2 is 1.65 bits per heavy atom. The van der Waals surface area contributed by atoms with Crippen molar-refractivity contribution in [3.8, 4) is 11.5 Å². The second-order valence-corrected chi connectivity index (χ2v) is 3.63. The maximum Gasteiger partial charge on any atom is 0.315 e. The highest BCUT2D eigenvalue weighted by molar-refractivity contribution is 5.75. The molecule has 0 aromatic heterocycles. The first-order valence-electron chi connectivity index (χ1n) is 5.28. The molecular formula is C14H12O3. The van der Waals surface area contributed by atoms with Crippen LogP contribution in [-0.4, -0.2) is 11.1 Å². The molecule has 17 heavy (non-hydrogen) atoms. The van der Waals surface area contributed by atoms with Crippen LogP contribution in [0.5, 0.6) is 11.5 Å². The van der Waals surface area contributed by atoms with E-state index >= 15 is 0 Å². The summed E-state index contributed by atoms with van der Waals surface area (Å²) in [5.41, 5.74) is 0.913. The summed E-state index contributed by atoms with van der Waals surface area (Å²) in [4.78, 5) is 11.6. The Balaban J connectivity index is 1.96. The molecule has 0 aliphatic carbocycles. The molecule has 0 heterocycles. The van der Waals surface area contributed by atoms with Crippen molar-refractivity contribution in [1.82, 2.24) is 0 Å². The lowest BCUT2D eigenvalue weighted by molar-refractivity contribution is -0.133. The Bertz CT molecular complexity index is 489. The van der Waals surface area contributed by atoms with Crippen molar-refractivity contribution in [3.05, 3.63) is 60.2 Å². The van der Waals surface area contributed by atoms with E-state index in [-0.39, 0.29) is 18.1 Å². The second kappa shape index (κ2) is 5.16. The fraction of sp³-hybridized carbons (Fsp3) is 0.0714. The third kappa shape index (κ3) is 3.34. The van der Waals surface area contributed by atoms with Crippen molar-refractivity contribution < 1.29 is 14.6 Å². The van der Waals surface area contributed by atoms with Crippen molar-refractivity contribution in [1.29, 1.82) is 0 Å². The third-order valence-electron chi connectivity index (χ3n) is 2.26. The number of phenolic OH excluding ortho intramolecular Hbond substituents is 1. The number of benzene rings is 2. The first-order chi connectivity index (χ1) is 8.24. The Morgan fingerprint density at radius 3 is 2.29 bits per heavy atom. The minimum atomic E-state index is -0.318. The van der Waals surface area contributed by atoms with E-state index in [9.17, 15) is 4.79 Å². The molecule has 3 heteroatoms. The van der Waals surface area contributed by atoms with E-state index in [1.54, 1.807) is 12.1 Å². The van der Waals surface area contributed by atoms with Gasteiger partial charge in [-0.25, -0.2) is 0 Å². The molecule has 2 aromatic carbocycles. The Hall–Kier alpha value is -2.29. The van der Waals surface area contributed by atoms with Crippen LogP contribution in [0.15, 0.2) is 54.6 Å². The summed E-state index contributed by atoms with van der Waals surface area (Å²) < 4.78 is 5.12. The predicted molar refractivity (Wildman–Crippen MR) is 63.9 cm³/mol. The van der Waals surface area contributed by atoms with Gasteiger partial charge in [0.05, 0.1) is 6.42 Å². The van der Waals surface area contributed by atoms with Crippen molar-refractivity contribution in [2.75, 3.05) is 0 Å². The molecule has 0 bridgehead atoms. The lowest BCUT2D eigenvalue weighted by atomic mass is 10.2. The van der Waals surface area contributed by atoms with Gasteiger partial charge >= 0.3 is 5.97 Å². The average Bonchev–Trinajstić information content (AvgIpc) is 2.33. The highest BCUT2D eigenvalue weighted by atomic mass is 16.5. The van der Waals surface area contributed by atoms with E-state index in [1.807, 2.05) is 30.3 Å². The molecule has 0 amide bonds. The van der Waals surface area contributed by atoms with Crippen LogP contribution in [0.25, 0.3) is 0 Å². The van der Waals surface area contributed by atoms with Crippen LogP contribution < -0.4 is 4.74 Å². The van der Waals surface area contributed by atoms with Crippen molar-refractivity contribution in [2.45, 2.75) is 6.42 Å². The van der Waals surface area contributed by atoms with Gasteiger partial charge in [-0.2, -0.15) is 0 Å². The molecule has 0 saturated heterocycles. The van der Waals surface area contributed by atoms with Crippen molar-refractivity contribution in [3.63, 3.8) is 0 Å². The number of hydrogen-bond donors (Lipinski definition) is 1. The maximum atomic E-state index is 11.6. The smallest absolute Gasteiger partial charge is 0.315 e. The largest absolute Gasteiger partial charge is 0.508 e. The lowest BCUT2D eigenvalue weighted by Gasteiger charge is -2.04. The molecule has 0 aliphatic rings. The Labute approximate surface area is 99.3 Å². The summed E-state index contributed by atoms with van der Waals surface area (Å²) in [5, 5.41) is 9.09. The molecule has 2 aromatic rings. The molecule has 0 radical (unpaired) electrons. The highest BCUT2D eigenvalue weighted by Crippen LogP contribution is 2.16.